The summed E-state index contributed by atoms with van der Waals surface area (Å²) in [4.78, 5) is 24.5. The van der Waals surface area contributed by atoms with Gasteiger partial charge in [-0.05, 0) is 18.2 Å². The number of carbonyl (C=O) groups excluding carboxylic acids is 1. The van der Waals surface area contributed by atoms with E-state index in [4.69, 9.17) is 23.2 Å². The number of hydrazone groups is 1. The molecular weight excluding hydrogens is 379 g/mol. The van der Waals surface area contributed by atoms with Gasteiger partial charge in [0, 0.05) is 23.0 Å². The first-order valence-electron chi connectivity index (χ1n) is 7.36. The summed E-state index contributed by atoms with van der Waals surface area (Å²) in [6.45, 7) is 0. The van der Waals surface area contributed by atoms with Crippen molar-refractivity contribution in [3.8, 4) is 5.75 Å². The molecule has 0 spiro atoms. The molecule has 9 heteroatoms. The Kier molecular flexibility index (Phi) is 4.92. The van der Waals surface area contributed by atoms with E-state index in [0.717, 1.165) is 4.68 Å². The van der Waals surface area contributed by atoms with Gasteiger partial charge in [-0.3, -0.25) is 9.59 Å². The fourth-order valence-corrected chi connectivity index (χ4v) is 2.87. The third kappa shape index (κ3) is 3.40. The van der Waals surface area contributed by atoms with E-state index in [2.05, 4.69) is 15.6 Å². The Balaban J connectivity index is 1.91. The molecule has 1 aromatic heterocycles. The monoisotopic (exact) mass is 390 g/mol. The number of benzene rings is 2. The van der Waals surface area contributed by atoms with Crippen molar-refractivity contribution < 1.29 is 9.90 Å². The maximum atomic E-state index is 12.4. The van der Waals surface area contributed by atoms with E-state index in [1.807, 2.05) is 0 Å². The first kappa shape index (κ1) is 17.9. The lowest BCUT2D eigenvalue weighted by Gasteiger charge is -2.06. The quantitative estimate of drug-likeness (QED) is 0.530. The molecule has 1 amide bonds. The molecule has 0 atom stereocenters. The van der Waals surface area contributed by atoms with E-state index in [0.29, 0.717) is 15.8 Å². The molecule has 26 heavy (non-hydrogen) atoms. The van der Waals surface area contributed by atoms with Crippen LogP contribution in [0.1, 0.15) is 16.1 Å². The number of nitrogens with zero attached hydrogens (tertiary/aromatic N) is 3. The molecule has 2 aromatic carbocycles. The minimum absolute atomic E-state index is 0.0493. The topological polar surface area (TPSA) is 96.6 Å². The third-order valence-electron chi connectivity index (χ3n) is 3.60. The molecule has 0 aliphatic rings. The van der Waals surface area contributed by atoms with Gasteiger partial charge in [-0.1, -0.05) is 41.4 Å². The Morgan fingerprint density at radius 1 is 1.27 bits per heavy atom. The van der Waals surface area contributed by atoms with Crippen molar-refractivity contribution in [2.45, 2.75) is 0 Å². The van der Waals surface area contributed by atoms with E-state index in [1.165, 1.54) is 25.4 Å². The van der Waals surface area contributed by atoms with Crippen molar-refractivity contribution in [3.63, 3.8) is 0 Å². The second-order valence-electron chi connectivity index (χ2n) is 5.35. The molecule has 132 valence electrons. The highest BCUT2D eigenvalue weighted by Gasteiger charge is 2.15. The van der Waals surface area contributed by atoms with Gasteiger partial charge < -0.3 is 5.11 Å². The van der Waals surface area contributed by atoms with Crippen molar-refractivity contribution in [1.82, 2.24) is 15.2 Å². The lowest BCUT2D eigenvalue weighted by atomic mass is 10.1. The summed E-state index contributed by atoms with van der Waals surface area (Å²) in [5, 5.41) is 18.8. The molecule has 2 N–H and O–H groups in total. The van der Waals surface area contributed by atoms with E-state index in [-0.39, 0.29) is 27.6 Å². The molecule has 0 bridgehead atoms. The second kappa shape index (κ2) is 7.15. The average molecular weight is 391 g/mol. The number of halogens is 2. The molecule has 0 aliphatic carbocycles. The Bertz CT molecular complexity index is 1110. The van der Waals surface area contributed by atoms with E-state index in [1.54, 1.807) is 24.3 Å². The van der Waals surface area contributed by atoms with Crippen LogP contribution in [0.4, 0.5) is 0 Å². The van der Waals surface area contributed by atoms with Gasteiger partial charge in [0.05, 0.1) is 16.6 Å². The maximum Gasteiger partial charge on any atom is 0.292 e. The number of hydrogen-bond acceptors (Lipinski definition) is 5. The van der Waals surface area contributed by atoms with Gasteiger partial charge in [0.15, 0.2) is 5.69 Å². The van der Waals surface area contributed by atoms with Gasteiger partial charge in [-0.2, -0.15) is 10.2 Å². The van der Waals surface area contributed by atoms with Crippen LogP contribution < -0.4 is 11.0 Å². The summed E-state index contributed by atoms with van der Waals surface area (Å²) in [6, 6.07) is 9.48. The van der Waals surface area contributed by atoms with Gasteiger partial charge in [0.25, 0.3) is 11.5 Å². The minimum atomic E-state index is -0.610. The summed E-state index contributed by atoms with van der Waals surface area (Å²) >= 11 is 11.7. The summed E-state index contributed by atoms with van der Waals surface area (Å²) in [7, 11) is 1.46. The van der Waals surface area contributed by atoms with Gasteiger partial charge in [0.1, 0.15) is 5.75 Å². The zero-order valence-corrected chi connectivity index (χ0v) is 14.9. The second-order valence-corrected chi connectivity index (χ2v) is 6.19. The highest BCUT2D eigenvalue weighted by Crippen LogP contribution is 2.29. The molecule has 7 nitrogen and oxygen atoms in total. The van der Waals surface area contributed by atoms with Crippen molar-refractivity contribution >= 4 is 46.1 Å². The number of aromatic nitrogens is 2. The number of amides is 1. The van der Waals surface area contributed by atoms with Crippen LogP contribution in [0.15, 0.2) is 46.3 Å². The van der Waals surface area contributed by atoms with Crippen LogP contribution in [-0.2, 0) is 7.05 Å². The standard InChI is InChI=1S/C17H12Cl2N4O3/c1-23-17(26)12-5-3-2-4-11(12)14(22-23)16(25)21-20-8-9-6-10(18)7-13(19)15(9)24/h2-8,24H,1H3,(H,21,25)/b20-8+. The molecule has 3 rings (SSSR count). The molecule has 0 saturated carbocycles. The SMILES string of the molecule is Cn1nc(C(=O)N/N=C/c2cc(Cl)cc(Cl)c2O)c2ccccc2c1=O. The van der Waals surface area contributed by atoms with Crippen LogP contribution >= 0.6 is 23.2 Å². The van der Waals surface area contributed by atoms with E-state index in [9.17, 15) is 14.7 Å². The molecular formula is C17H12Cl2N4O3. The van der Waals surface area contributed by atoms with Crippen LogP contribution in [0, 0.1) is 0 Å². The third-order valence-corrected chi connectivity index (χ3v) is 4.11. The number of hydrogen-bond donors (Lipinski definition) is 2. The summed E-state index contributed by atoms with van der Waals surface area (Å²) in [6.07, 6.45) is 1.20. The first-order chi connectivity index (χ1) is 12.4. The van der Waals surface area contributed by atoms with E-state index < -0.39 is 5.91 Å². The molecule has 0 unspecified atom stereocenters. The number of rotatable bonds is 3. The van der Waals surface area contributed by atoms with Crippen molar-refractivity contribution in [3.05, 3.63) is 68.1 Å². The predicted molar refractivity (Wildman–Crippen MR) is 100 cm³/mol. The minimum Gasteiger partial charge on any atom is -0.506 e. The Hall–Kier alpha value is -2.90. The van der Waals surface area contributed by atoms with Crippen LogP contribution in [0.3, 0.4) is 0 Å². The van der Waals surface area contributed by atoms with Gasteiger partial charge in [-0.15, -0.1) is 0 Å². The van der Waals surface area contributed by atoms with Crippen LogP contribution in [-0.4, -0.2) is 27.0 Å². The highest BCUT2D eigenvalue weighted by molar-refractivity contribution is 6.36. The molecule has 0 radical (unpaired) electrons. The summed E-state index contributed by atoms with van der Waals surface area (Å²) < 4.78 is 1.09. The summed E-state index contributed by atoms with van der Waals surface area (Å²) in [5.74, 6) is -0.819. The fraction of sp³-hybridized carbons (Fsp3) is 0.0588. The zero-order valence-electron chi connectivity index (χ0n) is 13.4. The molecule has 3 aromatic rings. The largest absolute Gasteiger partial charge is 0.506 e. The van der Waals surface area contributed by atoms with Crippen molar-refractivity contribution in [2.75, 3.05) is 0 Å². The smallest absolute Gasteiger partial charge is 0.292 e. The Morgan fingerprint density at radius 2 is 1.96 bits per heavy atom. The predicted octanol–water partition coefficient (Wildman–Crippen LogP) is 2.71. The van der Waals surface area contributed by atoms with E-state index >= 15 is 0 Å². The normalized spacial score (nSPS) is 11.2. The van der Waals surface area contributed by atoms with Crippen molar-refractivity contribution in [2.24, 2.45) is 12.1 Å². The average Bonchev–Trinajstić information content (AvgIpc) is 2.62. The van der Waals surface area contributed by atoms with Crippen LogP contribution in [0.25, 0.3) is 10.8 Å². The fourth-order valence-electron chi connectivity index (χ4n) is 2.37. The van der Waals surface area contributed by atoms with Crippen LogP contribution in [0.5, 0.6) is 5.75 Å². The van der Waals surface area contributed by atoms with Gasteiger partial charge in [0.2, 0.25) is 0 Å². The maximum absolute atomic E-state index is 12.4. The Labute approximate surface area is 157 Å². The summed E-state index contributed by atoms with van der Waals surface area (Å²) in [5.41, 5.74) is 2.29. The molecule has 1 heterocycles. The number of carbonyl (C=O) groups is 1. The molecule has 0 saturated heterocycles. The number of phenols is 1. The molecule has 0 fully saturated rings. The zero-order chi connectivity index (χ0) is 18.8. The van der Waals surface area contributed by atoms with Crippen molar-refractivity contribution in [1.29, 1.82) is 0 Å². The highest BCUT2D eigenvalue weighted by atomic mass is 35.5. The van der Waals surface area contributed by atoms with Gasteiger partial charge >= 0.3 is 0 Å². The number of fused-ring (bicyclic) bond motifs is 1. The first-order valence-corrected chi connectivity index (χ1v) is 8.11. The lowest BCUT2D eigenvalue weighted by Crippen LogP contribution is -2.27. The lowest BCUT2D eigenvalue weighted by molar-refractivity contribution is 0.0950. The van der Waals surface area contributed by atoms with Crippen LogP contribution in [0.2, 0.25) is 10.0 Å². The molecule has 0 aliphatic heterocycles. The number of aryl methyl sites for hydroxylation is 1. The number of nitrogens with one attached hydrogen (secondary N) is 1. The Morgan fingerprint density at radius 3 is 2.69 bits per heavy atom. The van der Waals surface area contributed by atoms with Gasteiger partial charge in [-0.25, -0.2) is 10.1 Å². The number of phenolic OH excluding ortho intramolecular Hbond substituents is 1. The number of aromatic hydroxyl groups is 1.